The third-order valence-electron chi connectivity index (χ3n) is 5.00. The predicted molar refractivity (Wildman–Crippen MR) is 78.8 cm³/mol. The van der Waals surface area contributed by atoms with Crippen LogP contribution in [0.25, 0.3) is 11.0 Å². The quantitative estimate of drug-likeness (QED) is 0.908. The molecule has 0 spiro atoms. The van der Waals surface area contributed by atoms with Crippen molar-refractivity contribution in [2.24, 2.45) is 5.92 Å². The van der Waals surface area contributed by atoms with Crippen LogP contribution in [-0.4, -0.2) is 38.0 Å². The molecule has 2 aromatic rings. The molecule has 2 aliphatic rings. The molecule has 21 heavy (non-hydrogen) atoms. The molecule has 1 aromatic heterocycles. The lowest BCUT2D eigenvalue weighted by Crippen LogP contribution is -2.44. The number of carbonyl (C=O) groups is 1. The number of nitrogens with zero attached hydrogens (tertiary/aromatic N) is 2. The van der Waals surface area contributed by atoms with Gasteiger partial charge in [0.15, 0.2) is 0 Å². The van der Waals surface area contributed by atoms with E-state index < -0.39 is 5.97 Å². The summed E-state index contributed by atoms with van der Waals surface area (Å²) in [7, 11) is 0. The van der Waals surface area contributed by atoms with E-state index in [-0.39, 0.29) is 5.92 Å². The highest BCUT2D eigenvalue weighted by molar-refractivity contribution is 5.74. The normalized spacial score (nSPS) is 29.0. The maximum Gasteiger partial charge on any atom is 0.306 e. The van der Waals surface area contributed by atoms with E-state index in [1.165, 1.54) is 0 Å². The van der Waals surface area contributed by atoms with Crippen LogP contribution in [0.3, 0.4) is 0 Å². The summed E-state index contributed by atoms with van der Waals surface area (Å²) in [5, 5.41) is 9.24. The van der Waals surface area contributed by atoms with E-state index in [4.69, 9.17) is 0 Å². The lowest BCUT2D eigenvalue weighted by atomic mass is 9.91. The maximum atomic E-state index is 11.2. The van der Waals surface area contributed by atoms with Gasteiger partial charge in [-0.3, -0.25) is 9.69 Å². The number of aliphatic carboxylic acids is 1. The van der Waals surface area contributed by atoms with E-state index in [1.807, 2.05) is 24.3 Å². The molecule has 5 heteroatoms. The first kappa shape index (κ1) is 12.8. The molecule has 110 valence electrons. The first-order chi connectivity index (χ1) is 10.2. The van der Waals surface area contributed by atoms with Crippen molar-refractivity contribution in [1.29, 1.82) is 0 Å². The topological polar surface area (TPSA) is 69.2 Å². The highest BCUT2D eigenvalue weighted by atomic mass is 16.4. The van der Waals surface area contributed by atoms with Crippen molar-refractivity contribution >= 4 is 17.0 Å². The van der Waals surface area contributed by atoms with E-state index in [9.17, 15) is 9.90 Å². The number of para-hydroxylation sites is 2. The van der Waals surface area contributed by atoms with Crippen LogP contribution in [-0.2, 0) is 11.3 Å². The predicted octanol–water partition coefficient (Wildman–Crippen LogP) is 2.39. The van der Waals surface area contributed by atoms with Gasteiger partial charge in [0.1, 0.15) is 5.82 Å². The molecule has 0 radical (unpaired) electrons. The summed E-state index contributed by atoms with van der Waals surface area (Å²) >= 11 is 0. The summed E-state index contributed by atoms with van der Waals surface area (Å²) in [5.74, 6) is 0.201. The van der Waals surface area contributed by atoms with Crippen molar-refractivity contribution in [1.82, 2.24) is 14.9 Å². The molecular formula is C16H19N3O2. The SMILES string of the molecule is O=C(O)C1CC2CCC(C1)N2Cc1nc2ccccc2[nH]1. The van der Waals surface area contributed by atoms with Crippen LogP contribution in [0.15, 0.2) is 24.3 Å². The number of aromatic amines is 1. The summed E-state index contributed by atoms with van der Waals surface area (Å²) in [6, 6.07) is 8.86. The molecular weight excluding hydrogens is 266 g/mol. The lowest BCUT2D eigenvalue weighted by Gasteiger charge is -2.36. The summed E-state index contributed by atoms with van der Waals surface area (Å²) in [6.07, 6.45) is 3.81. The van der Waals surface area contributed by atoms with E-state index in [1.54, 1.807) is 0 Å². The Hall–Kier alpha value is -1.88. The second-order valence-corrected chi connectivity index (χ2v) is 6.26. The average Bonchev–Trinajstić information content (AvgIpc) is 2.96. The molecule has 2 N–H and O–H groups in total. The third-order valence-corrected chi connectivity index (χ3v) is 5.00. The second kappa shape index (κ2) is 4.84. The van der Waals surface area contributed by atoms with Gasteiger partial charge in [0.25, 0.3) is 0 Å². The number of benzene rings is 1. The fraction of sp³-hybridized carbons (Fsp3) is 0.500. The highest BCUT2D eigenvalue weighted by Crippen LogP contribution is 2.39. The van der Waals surface area contributed by atoms with Crippen molar-refractivity contribution in [3.63, 3.8) is 0 Å². The number of imidazole rings is 1. The standard InChI is InChI=1S/C16H19N3O2/c20-16(21)10-7-11-5-6-12(8-10)19(11)9-15-17-13-3-1-2-4-14(13)18-15/h1-4,10-12H,5-9H2,(H,17,18)(H,20,21). The zero-order valence-corrected chi connectivity index (χ0v) is 11.8. The molecule has 4 rings (SSSR count). The van der Waals surface area contributed by atoms with Gasteiger partial charge in [0.2, 0.25) is 0 Å². The van der Waals surface area contributed by atoms with Gasteiger partial charge < -0.3 is 10.1 Å². The van der Waals surface area contributed by atoms with Crippen molar-refractivity contribution in [2.45, 2.75) is 44.3 Å². The van der Waals surface area contributed by atoms with Crippen LogP contribution in [0.1, 0.15) is 31.5 Å². The number of H-pyrrole nitrogens is 1. The summed E-state index contributed by atoms with van der Waals surface area (Å²) in [4.78, 5) is 21.7. The van der Waals surface area contributed by atoms with E-state index in [0.29, 0.717) is 12.1 Å². The molecule has 2 bridgehead atoms. The number of hydrogen-bond donors (Lipinski definition) is 2. The van der Waals surface area contributed by atoms with Gasteiger partial charge in [-0.2, -0.15) is 0 Å². The maximum absolute atomic E-state index is 11.2. The van der Waals surface area contributed by atoms with Gasteiger partial charge >= 0.3 is 5.97 Å². The lowest BCUT2D eigenvalue weighted by molar-refractivity contribution is -0.144. The summed E-state index contributed by atoms with van der Waals surface area (Å²) in [5.41, 5.74) is 2.07. The van der Waals surface area contributed by atoms with Crippen molar-refractivity contribution < 1.29 is 9.90 Å². The van der Waals surface area contributed by atoms with Crippen molar-refractivity contribution in [3.05, 3.63) is 30.1 Å². The van der Waals surface area contributed by atoms with Crippen LogP contribution >= 0.6 is 0 Å². The Labute approximate surface area is 123 Å². The Morgan fingerprint density at radius 2 is 2.00 bits per heavy atom. The Balaban J connectivity index is 1.54. The number of nitrogens with one attached hydrogen (secondary N) is 1. The third kappa shape index (κ3) is 2.21. The van der Waals surface area contributed by atoms with E-state index in [0.717, 1.165) is 49.1 Å². The van der Waals surface area contributed by atoms with Crippen LogP contribution in [0.2, 0.25) is 0 Å². The molecule has 2 unspecified atom stereocenters. The largest absolute Gasteiger partial charge is 0.481 e. The van der Waals surface area contributed by atoms with Gasteiger partial charge in [0.05, 0.1) is 23.5 Å². The van der Waals surface area contributed by atoms with Gasteiger partial charge in [-0.25, -0.2) is 4.98 Å². The Kier molecular flexibility index (Phi) is 2.96. The first-order valence-electron chi connectivity index (χ1n) is 7.63. The number of rotatable bonds is 3. The second-order valence-electron chi connectivity index (χ2n) is 6.26. The molecule has 2 saturated heterocycles. The summed E-state index contributed by atoms with van der Waals surface area (Å²) < 4.78 is 0. The minimum Gasteiger partial charge on any atom is -0.481 e. The van der Waals surface area contributed by atoms with Crippen LogP contribution in [0, 0.1) is 5.92 Å². The van der Waals surface area contributed by atoms with Gasteiger partial charge in [0, 0.05) is 12.1 Å². The van der Waals surface area contributed by atoms with Crippen LogP contribution in [0.5, 0.6) is 0 Å². The van der Waals surface area contributed by atoms with Crippen LogP contribution in [0.4, 0.5) is 0 Å². The molecule has 2 aliphatic heterocycles. The summed E-state index contributed by atoms with van der Waals surface area (Å²) in [6.45, 7) is 0.802. The van der Waals surface area contributed by atoms with Gasteiger partial charge in [-0.1, -0.05) is 12.1 Å². The number of carboxylic acid groups (broad SMARTS) is 1. The fourth-order valence-corrected chi connectivity index (χ4v) is 3.99. The zero-order chi connectivity index (χ0) is 14.4. The molecule has 3 heterocycles. The monoisotopic (exact) mass is 285 g/mol. The molecule has 5 nitrogen and oxygen atoms in total. The van der Waals surface area contributed by atoms with Crippen molar-refractivity contribution in [3.8, 4) is 0 Å². The zero-order valence-electron chi connectivity index (χ0n) is 11.8. The Morgan fingerprint density at radius 3 is 2.67 bits per heavy atom. The molecule has 2 fully saturated rings. The minimum atomic E-state index is -0.629. The Bertz CT molecular complexity index is 634. The fourth-order valence-electron chi connectivity index (χ4n) is 3.99. The number of fused-ring (bicyclic) bond motifs is 3. The minimum absolute atomic E-state index is 0.158. The molecule has 0 aliphatic carbocycles. The molecule has 0 saturated carbocycles. The van der Waals surface area contributed by atoms with E-state index >= 15 is 0 Å². The van der Waals surface area contributed by atoms with E-state index in [2.05, 4.69) is 14.9 Å². The highest BCUT2D eigenvalue weighted by Gasteiger charge is 2.43. The Morgan fingerprint density at radius 1 is 1.29 bits per heavy atom. The number of carboxylic acids is 1. The smallest absolute Gasteiger partial charge is 0.306 e. The first-order valence-corrected chi connectivity index (χ1v) is 7.63. The average molecular weight is 285 g/mol. The molecule has 2 atom stereocenters. The number of piperidine rings is 1. The van der Waals surface area contributed by atoms with Crippen LogP contribution < -0.4 is 0 Å². The van der Waals surface area contributed by atoms with Gasteiger partial charge in [-0.15, -0.1) is 0 Å². The van der Waals surface area contributed by atoms with Crippen molar-refractivity contribution in [2.75, 3.05) is 0 Å². The number of hydrogen-bond acceptors (Lipinski definition) is 3. The van der Waals surface area contributed by atoms with Gasteiger partial charge in [-0.05, 0) is 37.8 Å². The number of aromatic nitrogens is 2. The molecule has 1 aromatic carbocycles. The molecule has 0 amide bonds.